The number of anilines is 1. The molecule has 2 aromatic rings. The fraction of sp³-hybridized carbons (Fsp3) is 0.125. The van der Waals surface area contributed by atoms with E-state index < -0.39 is 0 Å². The first-order valence-corrected chi connectivity index (χ1v) is 6.48. The number of fused-ring (bicyclic) bond motifs is 1. The third-order valence-corrected chi connectivity index (χ3v) is 3.31. The Labute approximate surface area is 116 Å². The van der Waals surface area contributed by atoms with E-state index in [2.05, 4.69) is 10.6 Å². The Bertz CT molecular complexity index is 665. The van der Waals surface area contributed by atoms with Gasteiger partial charge >= 0.3 is 0 Å². The van der Waals surface area contributed by atoms with E-state index in [1.807, 2.05) is 48.5 Å². The summed E-state index contributed by atoms with van der Waals surface area (Å²) < 4.78 is 0. The third kappa shape index (κ3) is 2.40. The van der Waals surface area contributed by atoms with Crippen LogP contribution in [-0.4, -0.2) is 11.8 Å². The molecule has 3 rings (SSSR count). The molecule has 0 radical (unpaired) electrons. The predicted octanol–water partition coefficient (Wildman–Crippen LogP) is 2.11. The molecular weight excluding hydrogens is 252 g/mol. The van der Waals surface area contributed by atoms with E-state index in [1.54, 1.807) is 0 Å². The third-order valence-electron chi connectivity index (χ3n) is 3.31. The summed E-state index contributed by atoms with van der Waals surface area (Å²) in [4.78, 5) is 23.3. The maximum Gasteiger partial charge on any atom is 0.260 e. The Morgan fingerprint density at radius 1 is 1.00 bits per heavy atom. The molecule has 20 heavy (non-hydrogen) atoms. The Morgan fingerprint density at radius 3 is 2.60 bits per heavy atom. The standard InChI is InChI=1S/C16H14N2O2/c19-14-9-12-7-4-8-13(15(12)16(20)18-14)17-10-11-5-2-1-3-6-11/h1-8,17H,9-10H2,(H,18,19,20). The lowest BCUT2D eigenvalue weighted by molar-refractivity contribution is -0.119. The Morgan fingerprint density at radius 2 is 1.80 bits per heavy atom. The van der Waals surface area contributed by atoms with Crippen molar-refractivity contribution >= 4 is 17.5 Å². The van der Waals surface area contributed by atoms with Gasteiger partial charge < -0.3 is 5.32 Å². The first kappa shape index (κ1) is 12.4. The van der Waals surface area contributed by atoms with Crippen LogP contribution in [0.2, 0.25) is 0 Å². The van der Waals surface area contributed by atoms with Gasteiger partial charge in [0.05, 0.1) is 12.0 Å². The fourth-order valence-electron chi connectivity index (χ4n) is 2.36. The van der Waals surface area contributed by atoms with Crippen molar-refractivity contribution in [3.63, 3.8) is 0 Å². The van der Waals surface area contributed by atoms with Crippen molar-refractivity contribution in [3.05, 3.63) is 65.2 Å². The molecule has 1 aliphatic rings. The predicted molar refractivity (Wildman–Crippen MR) is 76.4 cm³/mol. The second-order valence-electron chi connectivity index (χ2n) is 4.73. The molecule has 4 heteroatoms. The number of imide groups is 1. The summed E-state index contributed by atoms with van der Waals surface area (Å²) in [5.41, 5.74) is 3.24. The van der Waals surface area contributed by atoms with Crippen molar-refractivity contribution < 1.29 is 9.59 Å². The second kappa shape index (κ2) is 5.17. The molecule has 0 fully saturated rings. The van der Waals surface area contributed by atoms with E-state index in [-0.39, 0.29) is 18.2 Å². The highest BCUT2D eigenvalue weighted by Gasteiger charge is 2.24. The average molecular weight is 266 g/mol. The number of amides is 2. The van der Waals surface area contributed by atoms with Gasteiger partial charge in [-0.2, -0.15) is 0 Å². The first-order chi connectivity index (χ1) is 9.74. The number of nitrogens with one attached hydrogen (secondary N) is 2. The Hall–Kier alpha value is -2.62. The molecule has 1 aliphatic heterocycles. The van der Waals surface area contributed by atoms with Crippen LogP contribution in [-0.2, 0) is 17.8 Å². The zero-order valence-corrected chi connectivity index (χ0v) is 10.8. The van der Waals surface area contributed by atoms with Gasteiger partial charge in [0.1, 0.15) is 0 Å². The second-order valence-corrected chi connectivity index (χ2v) is 4.73. The topological polar surface area (TPSA) is 58.2 Å². The summed E-state index contributed by atoms with van der Waals surface area (Å²) >= 11 is 0. The number of hydrogen-bond donors (Lipinski definition) is 2. The van der Waals surface area contributed by atoms with Gasteiger partial charge in [-0.3, -0.25) is 14.9 Å². The van der Waals surface area contributed by atoms with Crippen LogP contribution in [0.4, 0.5) is 5.69 Å². The fourth-order valence-corrected chi connectivity index (χ4v) is 2.36. The van der Waals surface area contributed by atoms with Crippen LogP contribution in [0.5, 0.6) is 0 Å². The van der Waals surface area contributed by atoms with Crippen molar-refractivity contribution in [3.8, 4) is 0 Å². The Balaban J connectivity index is 1.86. The normalized spacial score (nSPS) is 13.6. The highest BCUT2D eigenvalue weighted by molar-refractivity contribution is 6.12. The number of hydrogen-bond acceptors (Lipinski definition) is 3. The summed E-state index contributed by atoms with van der Waals surface area (Å²) in [6.07, 6.45) is 0.252. The van der Waals surface area contributed by atoms with E-state index in [0.717, 1.165) is 16.8 Å². The van der Waals surface area contributed by atoms with E-state index in [1.165, 1.54) is 0 Å². The molecule has 4 nitrogen and oxygen atoms in total. The summed E-state index contributed by atoms with van der Waals surface area (Å²) in [7, 11) is 0. The minimum Gasteiger partial charge on any atom is -0.380 e. The van der Waals surface area contributed by atoms with Gasteiger partial charge in [0.15, 0.2) is 0 Å². The van der Waals surface area contributed by atoms with Gasteiger partial charge in [0.2, 0.25) is 5.91 Å². The van der Waals surface area contributed by atoms with Crippen LogP contribution >= 0.6 is 0 Å². The van der Waals surface area contributed by atoms with Crippen molar-refractivity contribution in [2.24, 2.45) is 0 Å². The molecule has 0 unspecified atom stereocenters. The molecule has 2 aromatic carbocycles. The maximum absolute atomic E-state index is 12.0. The number of rotatable bonds is 3. The molecule has 0 atom stereocenters. The smallest absolute Gasteiger partial charge is 0.260 e. The van der Waals surface area contributed by atoms with Gasteiger partial charge in [-0.25, -0.2) is 0 Å². The van der Waals surface area contributed by atoms with Crippen molar-refractivity contribution in [2.75, 3.05) is 5.32 Å². The molecule has 0 bridgehead atoms. The number of benzene rings is 2. The van der Waals surface area contributed by atoms with Gasteiger partial charge in [-0.05, 0) is 17.2 Å². The zero-order chi connectivity index (χ0) is 13.9. The van der Waals surface area contributed by atoms with Crippen LogP contribution in [0.1, 0.15) is 21.5 Å². The summed E-state index contributed by atoms with van der Waals surface area (Å²) in [5.74, 6) is -0.574. The number of carbonyl (C=O) groups excluding carboxylic acids is 2. The molecule has 2 N–H and O–H groups in total. The van der Waals surface area contributed by atoms with Crippen LogP contribution < -0.4 is 10.6 Å². The Kier molecular flexibility index (Phi) is 3.21. The SMILES string of the molecule is O=C1Cc2cccc(NCc3ccccc3)c2C(=O)N1. The molecule has 1 heterocycles. The first-order valence-electron chi connectivity index (χ1n) is 6.48. The largest absolute Gasteiger partial charge is 0.380 e. The van der Waals surface area contributed by atoms with E-state index in [0.29, 0.717) is 12.1 Å². The molecular formula is C16H14N2O2. The van der Waals surface area contributed by atoms with E-state index >= 15 is 0 Å². The lowest BCUT2D eigenvalue weighted by atomic mass is 9.98. The average Bonchev–Trinajstić information content (AvgIpc) is 2.45. The number of carbonyl (C=O) groups is 2. The summed E-state index contributed by atoms with van der Waals surface area (Å²) in [6.45, 7) is 0.637. The lowest BCUT2D eigenvalue weighted by Gasteiger charge is -2.19. The monoisotopic (exact) mass is 266 g/mol. The van der Waals surface area contributed by atoms with E-state index in [9.17, 15) is 9.59 Å². The van der Waals surface area contributed by atoms with Gasteiger partial charge in [0, 0.05) is 12.2 Å². The molecule has 0 saturated carbocycles. The van der Waals surface area contributed by atoms with Crippen LogP contribution in [0.25, 0.3) is 0 Å². The van der Waals surface area contributed by atoms with Crippen LogP contribution in [0.15, 0.2) is 48.5 Å². The van der Waals surface area contributed by atoms with Crippen LogP contribution in [0, 0.1) is 0 Å². The van der Waals surface area contributed by atoms with E-state index in [4.69, 9.17) is 0 Å². The molecule has 0 spiro atoms. The minimum absolute atomic E-state index is 0.247. The summed E-state index contributed by atoms with van der Waals surface area (Å²) in [6, 6.07) is 15.5. The molecule has 0 aromatic heterocycles. The molecule has 0 saturated heterocycles. The minimum atomic E-state index is -0.326. The highest BCUT2D eigenvalue weighted by Crippen LogP contribution is 2.23. The maximum atomic E-state index is 12.0. The summed E-state index contributed by atoms with van der Waals surface area (Å²) in [5, 5.41) is 5.62. The molecule has 0 aliphatic carbocycles. The lowest BCUT2D eigenvalue weighted by Crippen LogP contribution is -2.37. The van der Waals surface area contributed by atoms with Gasteiger partial charge in [-0.1, -0.05) is 42.5 Å². The van der Waals surface area contributed by atoms with Crippen molar-refractivity contribution in [1.29, 1.82) is 0 Å². The van der Waals surface area contributed by atoms with Gasteiger partial charge in [0.25, 0.3) is 5.91 Å². The zero-order valence-electron chi connectivity index (χ0n) is 10.8. The van der Waals surface area contributed by atoms with Crippen molar-refractivity contribution in [1.82, 2.24) is 5.32 Å². The molecule has 100 valence electrons. The highest BCUT2D eigenvalue weighted by atomic mass is 16.2. The van der Waals surface area contributed by atoms with Crippen molar-refractivity contribution in [2.45, 2.75) is 13.0 Å². The quantitative estimate of drug-likeness (QED) is 0.837. The molecule has 2 amide bonds. The van der Waals surface area contributed by atoms with Gasteiger partial charge in [-0.15, -0.1) is 0 Å². The van der Waals surface area contributed by atoms with Crippen LogP contribution in [0.3, 0.4) is 0 Å².